The van der Waals surface area contributed by atoms with Crippen molar-refractivity contribution in [3.8, 4) is 5.75 Å². The van der Waals surface area contributed by atoms with Crippen LogP contribution in [0, 0.1) is 6.92 Å². The summed E-state index contributed by atoms with van der Waals surface area (Å²) in [5, 5.41) is 2.91. The Morgan fingerprint density at radius 2 is 1.66 bits per heavy atom. The van der Waals surface area contributed by atoms with E-state index in [-0.39, 0.29) is 12.5 Å². The normalized spacial score (nSPS) is 11.1. The van der Waals surface area contributed by atoms with E-state index < -0.39 is 10.0 Å². The van der Waals surface area contributed by atoms with Crippen LogP contribution in [0.25, 0.3) is 0 Å². The van der Waals surface area contributed by atoms with Gasteiger partial charge in [-0.15, -0.1) is 0 Å². The van der Waals surface area contributed by atoms with Gasteiger partial charge in [0.15, 0.2) is 0 Å². The quantitative estimate of drug-likeness (QED) is 0.526. The van der Waals surface area contributed by atoms with E-state index in [1.54, 1.807) is 48.5 Å². The first-order valence-electron chi connectivity index (χ1n) is 10.4. The van der Waals surface area contributed by atoms with Crippen LogP contribution in [-0.2, 0) is 23.1 Å². The molecule has 0 saturated heterocycles. The number of aryl methyl sites for hydroxylation is 1. The first-order chi connectivity index (χ1) is 15.3. The zero-order valence-corrected chi connectivity index (χ0v) is 19.4. The standard InChI is InChI=1S/C25H28N2O4S/c1-4-31-24-14-12-23(13-15-24)27(32(3,29)30)18-20-8-10-22(11-9-20)25(28)26-17-21-7-5-6-19(2)16-21/h5-16H,4,17-18H2,1-3H3,(H,26,28). The molecular weight excluding hydrogens is 424 g/mol. The Balaban J connectivity index is 1.68. The van der Waals surface area contributed by atoms with Gasteiger partial charge in [0.25, 0.3) is 5.91 Å². The summed E-state index contributed by atoms with van der Waals surface area (Å²) >= 11 is 0. The van der Waals surface area contributed by atoms with Crippen LogP contribution >= 0.6 is 0 Å². The van der Waals surface area contributed by atoms with Crippen LogP contribution in [0.4, 0.5) is 5.69 Å². The van der Waals surface area contributed by atoms with E-state index in [9.17, 15) is 13.2 Å². The topological polar surface area (TPSA) is 75.7 Å². The minimum Gasteiger partial charge on any atom is -0.494 e. The van der Waals surface area contributed by atoms with E-state index in [4.69, 9.17) is 4.74 Å². The Labute approximate surface area is 189 Å². The third-order valence-electron chi connectivity index (χ3n) is 4.91. The van der Waals surface area contributed by atoms with Gasteiger partial charge in [-0.1, -0.05) is 42.0 Å². The largest absolute Gasteiger partial charge is 0.494 e. The van der Waals surface area contributed by atoms with Crippen LogP contribution in [0.5, 0.6) is 5.75 Å². The zero-order valence-electron chi connectivity index (χ0n) is 18.5. The fraction of sp³-hybridized carbons (Fsp3) is 0.240. The number of hydrogen-bond donors (Lipinski definition) is 1. The molecule has 6 nitrogen and oxygen atoms in total. The molecule has 7 heteroatoms. The molecule has 168 valence electrons. The number of amides is 1. The van der Waals surface area contributed by atoms with E-state index in [0.717, 1.165) is 16.7 Å². The van der Waals surface area contributed by atoms with E-state index >= 15 is 0 Å². The van der Waals surface area contributed by atoms with Crippen LogP contribution in [0.1, 0.15) is 34.0 Å². The average molecular weight is 453 g/mol. The summed E-state index contributed by atoms with van der Waals surface area (Å²) in [7, 11) is -3.50. The van der Waals surface area contributed by atoms with E-state index in [1.807, 2.05) is 38.1 Å². The molecule has 0 aliphatic carbocycles. The fourth-order valence-electron chi connectivity index (χ4n) is 3.31. The monoisotopic (exact) mass is 452 g/mol. The third-order valence-corrected chi connectivity index (χ3v) is 6.05. The molecule has 0 fully saturated rings. The minimum absolute atomic E-state index is 0.165. The Kier molecular flexibility index (Phi) is 7.53. The number of hydrogen-bond acceptors (Lipinski definition) is 4. The predicted octanol–water partition coefficient (Wildman–Crippen LogP) is 4.29. The summed E-state index contributed by atoms with van der Waals surface area (Å²) in [5.41, 5.74) is 4.03. The van der Waals surface area contributed by atoms with Gasteiger partial charge in [-0.3, -0.25) is 9.10 Å². The molecule has 1 N–H and O–H groups in total. The number of anilines is 1. The number of nitrogens with zero attached hydrogens (tertiary/aromatic N) is 1. The lowest BCUT2D eigenvalue weighted by Gasteiger charge is -2.23. The van der Waals surface area contributed by atoms with Crippen LogP contribution in [0.2, 0.25) is 0 Å². The van der Waals surface area contributed by atoms with Crippen molar-refractivity contribution in [1.29, 1.82) is 0 Å². The number of ether oxygens (including phenoxy) is 1. The molecule has 1 amide bonds. The number of sulfonamides is 1. The first kappa shape index (κ1) is 23.3. The van der Waals surface area contributed by atoms with E-state index in [2.05, 4.69) is 5.32 Å². The lowest BCUT2D eigenvalue weighted by atomic mass is 10.1. The molecule has 0 saturated carbocycles. The second-order valence-electron chi connectivity index (χ2n) is 7.57. The highest BCUT2D eigenvalue weighted by atomic mass is 32.2. The van der Waals surface area contributed by atoms with Crippen molar-refractivity contribution < 1.29 is 17.9 Å². The van der Waals surface area contributed by atoms with E-state index in [0.29, 0.717) is 30.2 Å². The van der Waals surface area contributed by atoms with Crippen molar-refractivity contribution in [2.24, 2.45) is 0 Å². The lowest BCUT2D eigenvalue weighted by Crippen LogP contribution is -2.29. The van der Waals surface area contributed by atoms with Gasteiger partial charge >= 0.3 is 0 Å². The number of nitrogens with one attached hydrogen (secondary N) is 1. The summed E-state index contributed by atoms with van der Waals surface area (Å²) < 4.78 is 31.5. The smallest absolute Gasteiger partial charge is 0.251 e. The van der Waals surface area contributed by atoms with Gasteiger partial charge in [0.2, 0.25) is 10.0 Å². The number of carbonyl (C=O) groups excluding carboxylic acids is 1. The molecule has 0 unspecified atom stereocenters. The molecule has 32 heavy (non-hydrogen) atoms. The number of benzene rings is 3. The van der Waals surface area contributed by atoms with Gasteiger partial charge < -0.3 is 10.1 Å². The predicted molar refractivity (Wildman–Crippen MR) is 127 cm³/mol. The molecule has 3 aromatic rings. The summed E-state index contributed by atoms with van der Waals surface area (Å²) in [4.78, 5) is 12.5. The fourth-order valence-corrected chi connectivity index (χ4v) is 4.20. The molecule has 0 radical (unpaired) electrons. The maximum Gasteiger partial charge on any atom is 0.251 e. The van der Waals surface area contributed by atoms with Crippen molar-refractivity contribution >= 4 is 21.6 Å². The maximum absolute atomic E-state index is 12.5. The summed E-state index contributed by atoms with van der Waals surface area (Å²) in [6.45, 7) is 5.06. The SMILES string of the molecule is CCOc1ccc(N(Cc2ccc(C(=O)NCc3cccc(C)c3)cc2)S(C)(=O)=O)cc1. The molecule has 0 spiro atoms. The zero-order chi connectivity index (χ0) is 23.1. The molecule has 0 bridgehead atoms. The summed E-state index contributed by atoms with van der Waals surface area (Å²) in [6, 6.07) is 21.9. The van der Waals surface area contributed by atoms with Crippen LogP contribution in [0.15, 0.2) is 72.8 Å². The number of carbonyl (C=O) groups is 1. The highest BCUT2D eigenvalue weighted by molar-refractivity contribution is 7.92. The Morgan fingerprint density at radius 1 is 0.969 bits per heavy atom. The molecule has 3 rings (SSSR count). The van der Waals surface area contributed by atoms with Crippen molar-refractivity contribution in [2.45, 2.75) is 26.9 Å². The van der Waals surface area contributed by atoms with Gasteiger partial charge in [0, 0.05) is 12.1 Å². The van der Waals surface area contributed by atoms with Crippen LogP contribution < -0.4 is 14.4 Å². The van der Waals surface area contributed by atoms with Crippen LogP contribution in [0.3, 0.4) is 0 Å². The van der Waals surface area contributed by atoms with Crippen molar-refractivity contribution in [2.75, 3.05) is 17.2 Å². The number of rotatable bonds is 9. The Hall–Kier alpha value is -3.32. The molecule has 0 aliphatic rings. The summed E-state index contributed by atoms with van der Waals surface area (Å²) in [5.74, 6) is 0.510. The molecule has 0 aromatic heterocycles. The van der Waals surface area contributed by atoms with Crippen LogP contribution in [-0.4, -0.2) is 27.2 Å². The summed E-state index contributed by atoms with van der Waals surface area (Å²) in [6.07, 6.45) is 1.18. The van der Waals surface area contributed by atoms with Crippen molar-refractivity contribution in [3.05, 3.63) is 95.1 Å². The Bertz CT molecular complexity index is 1160. The van der Waals surface area contributed by atoms with Gasteiger partial charge in [-0.05, 0) is 61.4 Å². The second-order valence-corrected chi connectivity index (χ2v) is 9.47. The highest BCUT2D eigenvalue weighted by Gasteiger charge is 2.18. The van der Waals surface area contributed by atoms with E-state index in [1.165, 1.54) is 10.6 Å². The molecule has 0 heterocycles. The minimum atomic E-state index is -3.50. The van der Waals surface area contributed by atoms with Gasteiger partial charge in [0.1, 0.15) is 5.75 Å². The first-order valence-corrected chi connectivity index (χ1v) is 12.2. The average Bonchev–Trinajstić information content (AvgIpc) is 2.76. The lowest BCUT2D eigenvalue weighted by molar-refractivity contribution is 0.0951. The Morgan fingerprint density at radius 3 is 2.25 bits per heavy atom. The van der Waals surface area contributed by atoms with Gasteiger partial charge in [0.05, 0.1) is 25.1 Å². The van der Waals surface area contributed by atoms with Crippen molar-refractivity contribution in [3.63, 3.8) is 0 Å². The third kappa shape index (κ3) is 6.34. The van der Waals surface area contributed by atoms with Gasteiger partial charge in [-0.2, -0.15) is 0 Å². The van der Waals surface area contributed by atoms with Gasteiger partial charge in [-0.25, -0.2) is 8.42 Å². The maximum atomic E-state index is 12.5. The molecule has 0 aliphatic heterocycles. The van der Waals surface area contributed by atoms with Crippen molar-refractivity contribution in [1.82, 2.24) is 5.32 Å². The molecule has 0 atom stereocenters. The second kappa shape index (κ2) is 10.3. The molecular formula is C25H28N2O4S. The molecule has 3 aromatic carbocycles. The highest BCUT2D eigenvalue weighted by Crippen LogP contribution is 2.24.